The summed E-state index contributed by atoms with van der Waals surface area (Å²) < 4.78 is 6.22. The minimum Gasteiger partial charge on any atom is -0.490 e. The predicted octanol–water partition coefficient (Wildman–Crippen LogP) is 4.70. The Morgan fingerprint density at radius 3 is 2.52 bits per heavy atom. The van der Waals surface area contributed by atoms with Crippen LogP contribution < -0.4 is 4.74 Å². The van der Waals surface area contributed by atoms with Gasteiger partial charge in [0.05, 0.1) is 5.92 Å². The van der Waals surface area contributed by atoms with Crippen LogP contribution in [0.3, 0.4) is 0 Å². The topological polar surface area (TPSA) is 49.8 Å². The molecule has 0 bridgehead atoms. The van der Waals surface area contributed by atoms with Gasteiger partial charge in [-0.05, 0) is 85.6 Å². The lowest BCUT2D eigenvalue weighted by Crippen LogP contribution is -2.35. The summed E-state index contributed by atoms with van der Waals surface area (Å²) in [7, 11) is 0. The fourth-order valence-corrected chi connectivity index (χ4v) is 4.50. The lowest BCUT2D eigenvalue weighted by molar-refractivity contribution is -0.143. The number of carboxylic acid groups (broad SMARTS) is 1. The van der Waals surface area contributed by atoms with Crippen LogP contribution in [0.5, 0.6) is 5.75 Å². The summed E-state index contributed by atoms with van der Waals surface area (Å²) >= 11 is 0. The minimum atomic E-state index is -0.648. The van der Waals surface area contributed by atoms with Crippen LogP contribution in [0.15, 0.2) is 36.4 Å². The normalized spacial score (nSPS) is 24.3. The Balaban J connectivity index is 1.40. The molecule has 144 valence electrons. The molecule has 2 fully saturated rings. The van der Waals surface area contributed by atoms with Crippen molar-refractivity contribution in [3.8, 4) is 5.75 Å². The first-order valence-electron chi connectivity index (χ1n) is 10.2. The van der Waals surface area contributed by atoms with Crippen molar-refractivity contribution in [3.05, 3.63) is 42.0 Å². The number of nitrogens with zero attached hydrogens (tertiary/aromatic N) is 1. The Labute approximate surface area is 161 Å². The number of piperidine rings is 1. The van der Waals surface area contributed by atoms with Crippen molar-refractivity contribution in [2.24, 2.45) is 11.8 Å². The van der Waals surface area contributed by atoms with Crippen LogP contribution in [0.1, 0.15) is 44.6 Å². The van der Waals surface area contributed by atoms with E-state index < -0.39 is 5.97 Å². The maximum absolute atomic E-state index is 11.1. The monoisotopic (exact) mass is 367 g/mol. The Morgan fingerprint density at radius 2 is 1.81 bits per heavy atom. The molecular weight excluding hydrogens is 338 g/mol. The summed E-state index contributed by atoms with van der Waals surface area (Å²) in [5.41, 5.74) is 1.29. The summed E-state index contributed by atoms with van der Waals surface area (Å²) in [5, 5.41) is 11.6. The van der Waals surface area contributed by atoms with E-state index in [0.717, 1.165) is 44.6 Å². The maximum atomic E-state index is 11.1. The summed E-state index contributed by atoms with van der Waals surface area (Å²) in [4.78, 5) is 13.5. The molecule has 0 amide bonds. The second-order valence-electron chi connectivity index (χ2n) is 8.30. The van der Waals surface area contributed by atoms with E-state index >= 15 is 0 Å². The molecule has 2 atom stereocenters. The van der Waals surface area contributed by atoms with E-state index in [2.05, 4.69) is 48.2 Å². The highest BCUT2D eigenvalue weighted by Gasteiger charge is 2.25. The van der Waals surface area contributed by atoms with E-state index in [9.17, 15) is 4.79 Å². The zero-order valence-corrected chi connectivity index (χ0v) is 16.1. The van der Waals surface area contributed by atoms with Crippen LogP contribution in [0.4, 0.5) is 0 Å². The molecule has 0 spiro atoms. The lowest BCUT2D eigenvalue weighted by Gasteiger charge is -2.30. The van der Waals surface area contributed by atoms with E-state index in [4.69, 9.17) is 9.84 Å². The number of hydrogen-bond donors (Lipinski definition) is 1. The van der Waals surface area contributed by atoms with Crippen LogP contribution in [-0.4, -0.2) is 35.2 Å². The zero-order valence-electron chi connectivity index (χ0n) is 16.1. The summed E-state index contributed by atoms with van der Waals surface area (Å²) in [6.45, 7) is 4.90. The summed E-state index contributed by atoms with van der Waals surface area (Å²) in [6.07, 6.45) is 5.57. The van der Waals surface area contributed by atoms with Gasteiger partial charge in [0.25, 0.3) is 0 Å². The molecule has 2 aliphatic rings. The van der Waals surface area contributed by atoms with Crippen molar-refractivity contribution in [2.75, 3.05) is 13.1 Å². The summed E-state index contributed by atoms with van der Waals surface area (Å²) in [5.74, 6) is 0.808. The fraction of sp³-hybridized carbons (Fsp3) is 0.522. The smallest absolute Gasteiger partial charge is 0.306 e. The Morgan fingerprint density at radius 1 is 1.07 bits per heavy atom. The van der Waals surface area contributed by atoms with Crippen LogP contribution in [-0.2, 0) is 11.3 Å². The molecule has 1 N–H and O–H groups in total. The third kappa shape index (κ3) is 4.27. The molecule has 1 aliphatic heterocycles. The zero-order chi connectivity index (χ0) is 18.8. The third-order valence-corrected chi connectivity index (χ3v) is 6.29. The number of likely N-dealkylation sites (tertiary alicyclic amines) is 1. The molecule has 2 aromatic carbocycles. The van der Waals surface area contributed by atoms with Crippen molar-refractivity contribution in [2.45, 2.75) is 51.7 Å². The second kappa shape index (κ2) is 7.89. The average Bonchev–Trinajstić information content (AvgIpc) is 3.07. The first-order chi connectivity index (χ1) is 13.1. The minimum absolute atomic E-state index is 0.168. The lowest BCUT2D eigenvalue weighted by atomic mass is 9.96. The first kappa shape index (κ1) is 18.3. The molecule has 1 saturated heterocycles. The fourth-order valence-electron chi connectivity index (χ4n) is 4.50. The van der Waals surface area contributed by atoms with E-state index in [-0.39, 0.29) is 5.92 Å². The van der Waals surface area contributed by atoms with Gasteiger partial charge in [0.15, 0.2) is 0 Å². The third-order valence-electron chi connectivity index (χ3n) is 6.29. The molecule has 4 heteroatoms. The molecule has 27 heavy (non-hydrogen) atoms. The Kier molecular flexibility index (Phi) is 5.35. The van der Waals surface area contributed by atoms with Crippen molar-refractivity contribution in [3.63, 3.8) is 0 Å². The maximum Gasteiger partial charge on any atom is 0.306 e. The van der Waals surface area contributed by atoms with E-state index in [1.807, 2.05) is 0 Å². The van der Waals surface area contributed by atoms with Gasteiger partial charge in [0.1, 0.15) is 11.9 Å². The number of fused-ring (bicyclic) bond motifs is 1. The van der Waals surface area contributed by atoms with E-state index in [1.165, 1.54) is 29.2 Å². The van der Waals surface area contributed by atoms with Crippen LogP contribution in [0.25, 0.3) is 10.8 Å². The van der Waals surface area contributed by atoms with Crippen LogP contribution in [0, 0.1) is 11.8 Å². The molecule has 4 nitrogen and oxygen atoms in total. The number of carbonyl (C=O) groups is 1. The quantitative estimate of drug-likeness (QED) is 0.832. The van der Waals surface area contributed by atoms with Gasteiger partial charge >= 0.3 is 5.97 Å². The van der Waals surface area contributed by atoms with Gasteiger partial charge in [0.2, 0.25) is 0 Å². The van der Waals surface area contributed by atoms with Gasteiger partial charge in [0, 0.05) is 6.54 Å². The molecule has 0 aromatic heterocycles. The number of rotatable bonds is 5. The van der Waals surface area contributed by atoms with Crippen molar-refractivity contribution in [1.29, 1.82) is 0 Å². The highest BCUT2D eigenvalue weighted by molar-refractivity contribution is 5.84. The summed E-state index contributed by atoms with van der Waals surface area (Å²) in [6, 6.07) is 13.0. The number of aliphatic carboxylic acids is 1. The number of carboxylic acids is 1. The molecule has 2 unspecified atom stereocenters. The van der Waals surface area contributed by atoms with Gasteiger partial charge in [-0.1, -0.05) is 25.1 Å². The van der Waals surface area contributed by atoms with Gasteiger partial charge < -0.3 is 9.84 Å². The molecule has 0 radical (unpaired) electrons. The highest BCUT2D eigenvalue weighted by atomic mass is 16.5. The molecule has 1 aliphatic carbocycles. The molecule has 1 saturated carbocycles. The van der Waals surface area contributed by atoms with Gasteiger partial charge in [-0.15, -0.1) is 0 Å². The highest BCUT2D eigenvalue weighted by Crippen LogP contribution is 2.31. The van der Waals surface area contributed by atoms with Crippen LogP contribution in [0.2, 0.25) is 0 Å². The first-order valence-corrected chi connectivity index (χ1v) is 10.2. The van der Waals surface area contributed by atoms with Crippen molar-refractivity contribution in [1.82, 2.24) is 4.90 Å². The number of hydrogen-bond acceptors (Lipinski definition) is 3. The molecule has 4 rings (SSSR count). The average molecular weight is 367 g/mol. The second-order valence-corrected chi connectivity index (χ2v) is 8.30. The van der Waals surface area contributed by atoms with Crippen LogP contribution >= 0.6 is 0 Å². The molecule has 1 heterocycles. The Hall–Kier alpha value is -2.07. The van der Waals surface area contributed by atoms with Crippen molar-refractivity contribution >= 4 is 16.7 Å². The Bertz CT molecular complexity index is 810. The molecular formula is C23H29NO3. The van der Waals surface area contributed by atoms with E-state index in [1.54, 1.807) is 0 Å². The predicted molar refractivity (Wildman–Crippen MR) is 107 cm³/mol. The SMILES string of the molecule is CC1CCCC1Oc1ccc2cc(CN3CCC(C(=O)O)CC3)ccc2c1. The van der Waals surface area contributed by atoms with Crippen molar-refractivity contribution < 1.29 is 14.6 Å². The number of benzene rings is 2. The van der Waals surface area contributed by atoms with Gasteiger partial charge in [-0.25, -0.2) is 0 Å². The largest absolute Gasteiger partial charge is 0.490 e. The van der Waals surface area contributed by atoms with E-state index in [0.29, 0.717) is 12.0 Å². The standard InChI is InChI=1S/C23H29NO3/c1-16-3-2-4-22(16)27-21-8-7-19-13-17(5-6-20(19)14-21)15-24-11-9-18(10-12-24)23(25)26/h5-8,13-14,16,18,22H,2-4,9-12,15H2,1H3,(H,25,26). The van der Waals surface area contributed by atoms with Gasteiger partial charge in [-0.3, -0.25) is 9.69 Å². The van der Waals surface area contributed by atoms with Gasteiger partial charge in [-0.2, -0.15) is 0 Å². The molecule has 2 aromatic rings. The number of ether oxygens (including phenoxy) is 1.